The second-order valence-electron chi connectivity index (χ2n) is 4.70. The van der Waals surface area contributed by atoms with Gasteiger partial charge < -0.3 is 20.2 Å². The molecule has 0 radical (unpaired) electrons. The van der Waals surface area contributed by atoms with Gasteiger partial charge in [0.25, 0.3) is 0 Å². The molecule has 112 valence electrons. The fourth-order valence-corrected chi connectivity index (χ4v) is 1.92. The third kappa shape index (κ3) is 3.53. The first-order valence-corrected chi connectivity index (χ1v) is 6.76. The van der Waals surface area contributed by atoms with Gasteiger partial charge in [0.05, 0.1) is 24.5 Å². The highest BCUT2D eigenvalue weighted by molar-refractivity contribution is 5.95. The van der Waals surface area contributed by atoms with Crippen molar-refractivity contribution >= 4 is 17.5 Å². The molecule has 0 bridgehead atoms. The van der Waals surface area contributed by atoms with Crippen molar-refractivity contribution in [3.05, 3.63) is 41.5 Å². The number of rotatable bonds is 5. The summed E-state index contributed by atoms with van der Waals surface area (Å²) in [5.41, 5.74) is 6.41. The Morgan fingerprint density at radius 2 is 2.29 bits per heavy atom. The third-order valence-corrected chi connectivity index (χ3v) is 2.95. The smallest absolute Gasteiger partial charge is 0.341 e. The molecule has 2 aromatic rings. The number of hydrogen-bond donors (Lipinski definition) is 2. The number of aromatic nitrogens is 1. The number of nitrogens with zero attached hydrogens (tertiary/aromatic N) is 1. The van der Waals surface area contributed by atoms with Gasteiger partial charge in [0.2, 0.25) is 0 Å². The lowest BCUT2D eigenvalue weighted by atomic mass is 10.2. The Labute approximate surface area is 123 Å². The number of carbonyl (C=O) groups is 1. The van der Waals surface area contributed by atoms with Gasteiger partial charge >= 0.3 is 5.97 Å². The van der Waals surface area contributed by atoms with Crippen LogP contribution in [-0.4, -0.2) is 17.6 Å². The summed E-state index contributed by atoms with van der Waals surface area (Å²) in [4.78, 5) is 16.1. The van der Waals surface area contributed by atoms with Crippen LogP contribution in [0.25, 0.3) is 0 Å². The van der Waals surface area contributed by atoms with Gasteiger partial charge in [-0.3, -0.25) is 0 Å². The molecule has 0 aliphatic rings. The number of carbonyl (C=O) groups excluding carboxylic acids is 1. The van der Waals surface area contributed by atoms with Crippen LogP contribution in [0.2, 0.25) is 0 Å². The second kappa shape index (κ2) is 6.30. The topological polar surface area (TPSA) is 90.4 Å². The van der Waals surface area contributed by atoms with E-state index in [1.54, 1.807) is 13.0 Å². The normalized spacial score (nSPS) is 12.0. The standard InChI is InChI=1S/C15H19N3O3/c1-4-20-15(19)12-7-11(16)8-17-14(12)18-10(3)13-6-5-9(2)21-13/h5-8,10H,4,16H2,1-3H3,(H,17,18). The lowest BCUT2D eigenvalue weighted by Gasteiger charge is -2.15. The molecule has 0 saturated heterocycles. The molecule has 0 spiro atoms. The van der Waals surface area contributed by atoms with Crippen molar-refractivity contribution in [1.82, 2.24) is 4.98 Å². The third-order valence-electron chi connectivity index (χ3n) is 2.95. The molecule has 0 aromatic carbocycles. The van der Waals surface area contributed by atoms with Crippen LogP contribution in [0.15, 0.2) is 28.8 Å². The highest BCUT2D eigenvalue weighted by atomic mass is 16.5. The minimum Gasteiger partial charge on any atom is -0.464 e. The summed E-state index contributed by atoms with van der Waals surface area (Å²) in [5.74, 6) is 1.56. The summed E-state index contributed by atoms with van der Waals surface area (Å²) in [6.07, 6.45) is 1.49. The van der Waals surface area contributed by atoms with Crippen LogP contribution < -0.4 is 11.1 Å². The molecule has 0 saturated carbocycles. The maximum atomic E-state index is 12.0. The molecule has 1 atom stereocenters. The van der Waals surface area contributed by atoms with E-state index in [-0.39, 0.29) is 6.04 Å². The molecule has 2 heterocycles. The van der Waals surface area contributed by atoms with Crippen molar-refractivity contribution in [2.24, 2.45) is 0 Å². The van der Waals surface area contributed by atoms with Gasteiger partial charge in [0.15, 0.2) is 0 Å². The first-order chi connectivity index (χ1) is 10.0. The number of ether oxygens (including phenoxy) is 1. The van der Waals surface area contributed by atoms with Crippen LogP contribution in [-0.2, 0) is 4.74 Å². The molecule has 6 nitrogen and oxygen atoms in total. The molecule has 3 N–H and O–H groups in total. The molecule has 1 unspecified atom stereocenters. The number of nitrogens with two attached hydrogens (primary N) is 1. The Morgan fingerprint density at radius 1 is 1.52 bits per heavy atom. The number of anilines is 2. The summed E-state index contributed by atoms with van der Waals surface area (Å²) in [6.45, 7) is 5.84. The van der Waals surface area contributed by atoms with Gasteiger partial charge in [-0.1, -0.05) is 0 Å². The highest BCUT2D eigenvalue weighted by Crippen LogP contribution is 2.24. The molecule has 6 heteroatoms. The maximum absolute atomic E-state index is 12.0. The van der Waals surface area contributed by atoms with Crippen molar-refractivity contribution in [1.29, 1.82) is 0 Å². The van der Waals surface area contributed by atoms with E-state index in [0.29, 0.717) is 23.7 Å². The number of furan rings is 1. The summed E-state index contributed by atoms with van der Waals surface area (Å²) >= 11 is 0. The molecule has 21 heavy (non-hydrogen) atoms. The monoisotopic (exact) mass is 289 g/mol. The number of aryl methyl sites for hydroxylation is 1. The van der Waals surface area contributed by atoms with E-state index in [2.05, 4.69) is 10.3 Å². The zero-order valence-electron chi connectivity index (χ0n) is 12.3. The molecule has 2 aromatic heterocycles. The van der Waals surface area contributed by atoms with E-state index in [1.165, 1.54) is 6.20 Å². The van der Waals surface area contributed by atoms with Crippen molar-refractivity contribution in [2.75, 3.05) is 17.7 Å². The van der Waals surface area contributed by atoms with Crippen molar-refractivity contribution in [2.45, 2.75) is 26.8 Å². The van der Waals surface area contributed by atoms with Crippen molar-refractivity contribution in [3.8, 4) is 0 Å². The minimum absolute atomic E-state index is 0.136. The van der Waals surface area contributed by atoms with Crippen LogP contribution in [0.3, 0.4) is 0 Å². The van der Waals surface area contributed by atoms with Gasteiger partial charge in [-0.05, 0) is 39.0 Å². The van der Waals surface area contributed by atoms with Gasteiger partial charge in [-0.25, -0.2) is 9.78 Å². The zero-order valence-corrected chi connectivity index (χ0v) is 12.3. The van der Waals surface area contributed by atoms with Crippen LogP contribution in [0.4, 0.5) is 11.5 Å². The molecule has 0 aliphatic carbocycles. The number of nitrogens with one attached hydrogen (secondary N) is 1. The van der Waals surface area contributed by atoms with E-state index in [9.17, 15) is 4.79 Å². The Bertz CT molecular complexity index is 637. The molecule has 2 rings (SSSR count). The van der Waals surface area contributed by atoms with Crippen molar-refractivity contribution in [3.63, 3.8) is 0 Å². The van der Waals surface area contributed by atoms with Gasteiger partial charge in [0.1, 0.15) is 22.9 Å². The van der Waals surface area contributed by atoms with E-state index < -0.39 is 5.97 Å². The Kier molecular flexibility index (Phi) is 4.47. The van der Waals surface area contributed by atoms with Crippen LogP contribution in [0.1, 0.15) is 41.8 Å². The Balaban J connectivity index is 2.24. The Morgan fingerprint density at radius 3 is 2.90 bits per heavy atom. The number of hydrogen-bond acceptors (Lipinski definition) is 6. The molecular formula is C15H19N3O3. The first-order valence-electron chi connectivity index (χ1n) is 6.76. The number of nitrogen functional groups attached to an aromatic ring is 1. The fourth-order valence-electron chi connectivity index (χ4n) is 1.92. The SMILES string of the molecule is CCOC(=O)c1cc(N)cnc1NC(C)c1ccc(C)o1. The predicted octanol–water partition coefficient (Wildman–Crippen LogP) is 2.92. The summed E-state index contributed by atoms with van der Waals surface area (Å²) in [7, 11) is 0. The second-order valence-corrected chi connectivity index (χ2v) is 4.70. The predicted molar refractivity (Wildman–Crippen MR) is 80.1 cm³/mol. The molecular weight excluding hydrogens is 270 g/mol. The highest BCUT2D eigenvalue weighted by Gasteiger charge is 2.18. The van der Waals surface area contributed by atoms with Crippen LogP contribution in [0, 0.1) is 6.92 Å². The Hall–Kier alpha value is -2.50. The largest absolute Gasteiger partial charge is 0.464 e. The lowest BCUT2D eigenvalue weighted by molar-refractivity contribution is 0.0527. The molecule has 0 aliphatic heterocycles. The summed E-state index contributed by atoms with van der Waals surface area (Å²) < 4.78 is 10.6. The molecule has 0 amide bonds. The van der Waals surface area contributed by atoms with E-state index in [4.69, 9.17) is 14.9 Å². The summed E-state index contributed by atoms with van der Waals surface area (Å²) in [5, 5.41) is 3.15. The average Bonchev–Trinajstić information content (AvgIpc) is 2.87. The van der Waals surface area contributed by atoms with Gasteiger partial charge in [-0.15, -0.1) is 0 Å². The quantitative estimate of drug-likeness (QED) is 0.822. The van der Waals surface area contributed by atoms with Gasteiger partial charge in [0, 0.05) is 0 Å². The zero-order chi connectivity index (χ0) is 15.4. The minimum atomic E-state index is -0.456. The lowest BCUT2D eigenvalue weighted by Crippen LogP contribution is -2.14. The molecule has 0 fully saturated rings. The maximum Gasteiger partial charge on any atom is 0.341 e. The van der Waals surface area contributed by atoms with Gasteiger partial charge in [-0.2, -0.15) is 0 Å². The van der Waals surface area contributed by atoms with Crippen LogP contribution >= 0.6 is 0 Å². The fraction of sp³-hybridized carbons (Fsp3) is 0.333. The van der Waals surface area contributed by atoms with E-state index in [1.807, 2.05) is 26.0 Å². The first kappa shape index (κ1) is 14.9. The average molecular weight is 289 g/mol. The summed E-state index contributed by atoms with van der Waals surface area (Å²) in [6, 6.07) is 5.18. The van der Waals surface area contributed by atoms with Crippen LogP contribution in [0.5, 0.6) is 0 Å². The van der Waals surface area contributed by atoms with E-state index >= 15 is 0 Å². The van der Waals surface area contributed by atoms with E-state index in [0.717, 1.165) is 11.5 Å². The van der Waals surface area contributed by atoms with Crippen molar-refractivity contribution < 1.29 is 13.9 Å². The number of pyridine rings is 1. The number of esters is 1.